The van der Waals surface area contributed by atoms with E-state index in [1.807, 2.05) is 0 Å². The molecule has 0 bridgehead atoms. The summed E-state index contributed by atoms with van der Waals surface area (Å²) in [4.78, 5) is 11.0. The van der Waals surface area contributed by atoms with Crippen molar-refractivity contribution in [1.82, 2.24) is 5.32 Å². The fraction of sp³-hybridized carbons (Fsp3) is 0.900. The third-order valence-electron chi connectivity index (χ3n) is 3.40. The Labute approximate surface area is 78.8 Å². The summed E-state index contributed by atoms with van der Waals surface area (Å²) in [6.45, 7) is 2.66. The third kappa shape index (κ3) is 1.64. The molecule has 74 valence electrons. The number of ether oxygens (including phenoxy) is 1. The van der Waals surface area contributed by atoms with E-state index in [1.165, 1.54) is 32.1 Å². The number of amides is 1. The zero-order chi connectivity index (χ0) is 9.31. The van der Waals surface area contributed by atoms with E-state index in [0.29, 0.717) is 12.5 Å². The lowest BCUT2D eigenvalue weighted by atomic mass is 9.76. The summed E-state index contributed by atoms with van der Waals surface area (Å²) in [5.41, 5.74) is -0.0858. The zero-order valence-electron chi connectivity index (χ0n) is 8.14. The van der Waals surface area contributed by atoms with Gasteiger partial charge in [-0.1, -0.05) is 19.3 Å². The van der Waals surface area contributed by atoms with Crippen molar-refractivity contribution in [1.29, 1.82) is 0 Å². The van der Waals surface area contributed by atoms with Crippen molar-refractivity contribution in [2.75, 3.05) is 6.61 Å². The van der Waals surface area contributed by atoms with Crippen LogP contribution < -0.4 is 5.32 Å². The number of cyclic esters (lactones) is 1. The fourth-order valence-corrected chi connectivity index (χ4v) is 2.48. The Kier molecular flexibility index (Phi) is 2.18. The molecule has 1 saturated heterocycles. The molecule has 0 spiro atoms. The van der Waals surface area contributed by atoms with Gasteiger partial charge in [-0.25, -0.2) is 4.79 Å². The molecule has 13 heavy (non-hydrogen) atoms. The molecule has 0 aromatic heterocycles. The molecule has 3 heteroatoms. The van der Waals surface area contributed by atoms with Crippen LogP contribution in [0.2, 0.25) is 0 Å². The molecule has 0 aromatic carbocycles. The molecule has 2 aliphatic rings. The highest BCUT2D eigenvalue weighted by Crippen LogP contribution is 2.34. The van der Waals surface area contributed by atoms with E-state index in [0.717, 1.165) is 0 Å². The lowest BCUT2D eigenvalue weighted by molar-refractivity contribution is 0.152. The largest absolute Gasteiger partial charge is 0.447 e. The molecule has 0 radical (unpaired) electrons. The van der Waals surface area contributed by atoms with E-state index >= 15 is 0 Å². The minimum atomic E-state index is -0.243. The van der Waals surface area contributed by atoms with Crippen molar-refractivity contribution >= 4 is 6.09 Å². The summed E-state index contributed by atoms with van der Waals surface area (Å²) < 4.78 is 4.97. The van der Waals surface area contributed by atoms with Crippen LogP contribution in [0.1, 0.15) is 39.0 Å². The monoisotopic (exact) mass is 183 g/mol. The Bertz CT molecular complexity index is 211. The van der Waals surface area contributed by atoms with Gasteiger partial charge in [0, 0.05) is 0 Å². The van der Waals surface area contributed by atoms with Crippen LogP contribution in [-0.4, -0.2) is 18.2 Å². The van der Waals surface area contributed by atoms with E-state index in [-0.39, 0.29) is 11.6 Å². The summed E-state index contributed by atoms with van der Waals surface area (Å²) in [6.07, 6.45) is 6.18. The number of hydrogen-bond acceptors (Lipinski definition) is 2. The van der Waals surface area contributed by atoms with Crippen molar-refractivity contribution in [3.63, 3.8) is 0 Å². The number of hydrogen-bond donors (Lipinski definition) is 1. The maximum atomic E-state index is 11.0. The predicted octanol–water partition coefficient (Wildman–Crippen LogP) is 2.07. The van der Waals surface area contributed by atoms with Gasteiger partial charge in [0.15, 0.2) is 0 Å². The Hall–Kier alpha value is -0.730. The van der Waals surface area contributed by atoms with E-state index < -0.39 is 0 Å². The Morgan fingerprint density at radius 3 is 2.62 bits per heavy atom. The van der Waals surface area contributed by atoms with Crippen LogP contribution in [-0.2, 0) is 4.74 Å². The Morgan fingerprint density at radius 1 is 1.38 bits per heavy atom. The van der Waals surface area contributed by atoms with Crippen molar-refractivity contribution in [3.05, 3.63) is 0 Å². The number of alkyl carbamates (subject to hydrolysis) is 1. The number of carbonyl (C=O) groups excluding carboxylic acids is 1. The highest BCUT2D eigenvalue weighted by molar-refractivity contribution is 5.70. The third-order valence-corrected chi connectivity index (χ3v) is 3.40. The summed E-state index contributed by atoms with van der Waals surface area (Å²) in [5.74, 6) is 0.618. The summed E-state index contributed by atoms with van der Waals surface area (Å²) in [7, 11) is 0. The zero-order valence-corrected chi connectivity index (χ0v) is 8.14. The maximum Gasteiger partial charge on any atom is 0.407 e. The van der Waals surface area contributed by atoms with Gasteiger partial charge in [-0.3, -0.25) is 0 Å². The molecule has 1 heterocycles. The average Bonchev–Trinajstić information content (AvgIpc) is 2.49. The molecule has 2 fully saturated rings. The van der Waals surface area contributed by atoms with Gasteiger partial charge in [-0.05, 0) is 25.7 Å². The van der Waals surface area contributed by atoms with Crippen molar-refractivity contribution in [2.24, 2.45) is 5.92 Å². The molecule has 1 unspecified atom stereocenters. The van der Waals surface area contributed by atoms with E-state index in [1.54, 1.807) is 0 Å². The highest BCUT2D eigenvalue weighted by atomic mass is 16.6. The molecule has 2 rings (SSSR count). The van der Waals surface area contributed by atoms with Gasteiger partial charge in [0.1, 0.15) is 6.61 Å². The van der Waals surface area contributed by atoms with Crippen LogP contribution in [0.15, 0.2) is 0 Å². The number of carbonyl (C=O) groups is 1. The van der Waals surface area contributed by atoms with Gasteiger partial charge in [0.2, 0.25) is 0 Å². The van der Waals surface area contributed by atoms with Crippen LogP contribution in [0.4, 0.5) is 4.79 Å². The van der Waals surface area contributed by atoms with Crippen LogP contribution in [0.25, 0.3) is 0 Å². The van der Waals surface area contributed by atoms with Crippen LogP contribution in [0.3, 0.4) is 0 Å². The second-order valence-corrected chi connectivity index (χ2v) is 4.45. The first-order chi connectivity index (χ1) is 6.21. The van der Waals surface area contributed by atoms with Crippen LogP contribution >= 0.6 is 0 Å². The number of rotatable bonds is 1. The first-order valence-corrected chi connectivity index (χ1v) is 5.16. The first-order valence-electron chi connectivity index (χ1n) is 5.16. The molecule has 1 aliphatic carbocycles. The topological polar surface area (TPSA) is 38.3 Å². The second kappa shape index (κ2) is 3.20. The van der Waals surface area contributed by atoms with E-state index in [9.17, 15) is 4.79 Å². The number of nitrogens with one attached hydrogen (secondary N) is 1. The van der Waals surface area contributed by atoms with Gasteiger partial charge in [-0.15, -0.1) is 0 Å². The lowest BCUT2D eigenvalue weighted by Crippen LogP contribution is -2.47. The summed E-state index contributed by atoms with van der Waals surface area (Å²) >= 11 is 0. The SMILES string of the molecule is CC1(C2CCCCC2)COC(=O)N1. The van der Waals surface area contributed by atoms with Crippen molar-refractivity contribution in [3.8, 4) is 0 Å². The highest BCUT2D eigenvalue weighted by Gasteiger charge is 2.41. The maximum absolute atomic E-state index is 11.0. The normalized spacial score (nSPS) is 35.6. The van der Waals surface area contributed by atoms with Crippen LogP contribution in [0, 0.1) is 5.92 Å². The molecular weight excluding hydrogens is 166 g/mol. The molecular formula is C10H17NO2. The standard InChI is InChI=1S/C10H17NO2/c1-10(7-13-9(12)11-10)8-5-3-2-4-6-8/h8H,2-7H2,1H3,(H,11,12). The summed E-state index contributed by atoms with van der Waals surface area (Å²) in [5, 5.41) is 2.94. The van der Waals surface area contributed by atoms with E-state index in [4.69, 9.17) is 4.74 Å². The van der Waals surface area contributed by atoms with Gasteiger partial charge in [0.25, 0.3) is 0 Å². The lowest BCUT2D eigenvalue weighted by Gasteiger charge is -2.34. The predicted molar refractivity (Wildman–Crippen MR) is 49.5 cm³/mol. The van der Waals surface area contributed by atoms with Crippen molar-refractivity contribution < 1.29 is 9.53 Å². The fourth-order valence-electron chi connectivity index (χ4n) is 2.48. The minimum Gasteiger partial charge on any atom is -0.447 e. The molecule has 0 aromatic rings. The first kappa shape index (κ1) is 8.85. The molecule has 1 aliphatic heterocycles. The molecule has 1 atom stereocenters. The van der Waals surface area contributed by atoms with Gasteiger partial charge in [-0.2, -0.15) is 0 Å². The Balaban J connectivity index is 2.01. The van der Waals surface area contributed by atoms with E-state index in [2.05, 4.69) is 12.2 Å². The Morgan fingerprint density at radius 2 is 2.08 bits per heavy atom. The molecule has 3 nitrogen and oxygen atoms in total. The molecule has 1 saturated carbocycles. The quantitative estimate of drug-likeness (QED) is 0.675. The van der Waals surface area contributed by atoms with Gasteiger partial charge < -0.3 is 10.1 Å². The minimum absolute atomic E-state index is 0.0858. The van der Waals surface area contributed by atoms with Crippen molar-refractivity contribution in [2.45, 2.75) is 44.6 Å². The second-order valence-electron chi connectivity index (χ2n) is 4.45. The molecule has 1 N–H and O–H groups in total. The van der Waals surface area contributed by atoms with Gasteiger partial charge in [0.05, 0.1) is 5.54 Å². The van der Waals surface area contributed by atoms with Crippen LogP contribution in [0.5, 0.6) is 0 Å². The summed E-state index contributed by atoms with van der Waals surface area (Å²) in [6, 6.07) is 0. The molecule has 1 amide bonds. The average molecular weight is 183 g/mol. The smallest absolute Gasteiger partial charge is 0.407 e. The van der Waals surface area contributed by atoms with Gasteiger partial charge >= 0.3 is 6.09 Å².